The number of nitrogens with one attached hydrogen (secondary N) is 1. The number of hydrazone groups is 1. The van der Waals surface area contributed by atoms with Crippen LogP contribution in [0.3, 0.4) is 0 Å². The van der Waals surface area contributed by atoms with Gasteiger partial charge in [-0.1, -0.05) is 18.2 Å². The molecule has 3 aromatic heterocycles. The lowest BCUT2D eigenvalue weighted by atomic mass is 10.3. The van der Waals surface area contributed by atoms with Crippen LogP contribution in [0.1, 0.15) is 5.56 Å². The molecule has 0 bridgehead atoms. The number of hydrogen-bond donors (Lipinski definition) is 1. The van der Waals surface area contributed by atoms with Gasteiger partial charge in [-0.2, -0.15) is 5.10 Å². The SMILES string of the molecule is COC(=O)N/N=C\c1c(Sc2nc3ccccc3s2)nc2ccccn2c1=O. The first kappa shape index (κ1) is 18.1. The number of ether oxygens (including phenoxy) is 1. The maximum Gasteiger partial charge on any atom is 0.427 e. The Bertz CT molecular complexity index is 1230. The molecular weight excluding hydrogens is 398 g/mol. The van der Waals surface area contributed by atoms with E-state index in [4.69, 9.17) is 0 Å². The van der Waals surface area contributed by atoms with Crippen LogP contribution in [0.2, 0.25) is 0 Å². The van der Waals surface area contributed by atoms with Gasteiger partial charge in [0.15, 0.2) is 4.34 Å². The number of fused-ring (bicyclic) bond motifs is 2. The number of thiazole rings is 1. The molecule has 140 valence electrons. The summed E-state index contributed by atoms with van der Waals surface area (Å²) in [6.45, 7) is 0. The highest BCUT2D eigenvalue weighted by Gasteiger charge is 2.15. The number of rotatable bonds is 4. The Morgan fingerprint density at radius 1 is 1.25 bits per heavy atom. The quantitative estimate of drug-likeness (QED) is 0.315. The van der Waals surface area contributed by atoms with Gasteiger partial charge in [-0.25, -0.2) is 20.2 Å². The monoisotopic (exact) mass is 411 g/mol. The average Bonchev–Trinajstić information content (AvgIpc) is 3.12. The maximum atomic E-state index is 12.9. The Labute approximate surface area is 166 Å². The lowest BCUT2D eigenvalue weighted by Crippen LogP contribution is -2.22. The molecular formula is C18H13N5O3S2. The normalized spacial score (nSPS) is 11.3. The number of aromatic nitrogens is 3. The third kappa shape index (κ3) is 3.59. The molecule has 0 saturated heterocycles. The molecule has 28 heavy (non-hydrogen) atoms. The van der Waals surface area contributed by atoms with E-state index in [1.165, 1.54) is 40.8 Å². The summed E-state index contributed by atoms with van der Waals surface area (Å²) in [7, 11) is 1.23. The van der Waals surface area contributed by atoms with Crippen LogP contribution in [0.4, 0.5) is 4.79 Å². The van der Waals surface area contributed by atoms with Gasteiger partial charge in [0.1, 0.15) is 10.7 Å². The van der Waals surface area contributed by atoms with E-state index in [1.54, 1.807) is 24.4 Å². The smallest absolute Gasteiger partial charge is 0.427 e. The highest BCUT2D eigenvalue weighted by molar-refractivity contribution is 8.01. The van der Waals surface area contributed by atoms with E-state index in [-0.39, 0.29) is 11.1 Å². The lowest BCUT2D eigenvalue weighted by molar-refractivity contribution is 0.171. The molecule has 1 amide bonds. The van der Waals surface area contributed by atoms with Crippen molar-refractivity contribution in [1.29, 1.82) is 0 Å². The summed E-state index contributed by atoms with van der Waals surface area (Å²) in [5.74, 6) is 0. The molecule has 0 fully saturated rings. The summed E-state index contributed by atoms with van der Waals surface area (Å²) in [6.07, 6.45) is 2.16. The van der Waals surface area contributed by atoms with Gasteiger partial charge in [-0.15, -0.1) is 11.3 Å². The Balaban J connectivity index is 1.79. The molecule has 0 unspecified atom stereocenters. The molecule has 4 rings (SSSR count). The number of carbonyl (C=O) groups excluding carboxylic acids is 1. The van der Waals surface area contributed by atoms with Crippen molar-refractivity contribution >= 4 is 51.3 Å². The van der Waals surface area contributed by atoms with Crippen molar-refractivity contribution in [2.24, 2.45) is 5.10 Å². The summed E-state index contributed by atoms with van der Waals surface area (Å²) in [5, 5.41) is 4.24. The highest BCUT2D eigenvalue weighted by Crippen LogP contribution is 2.34. The minimum absolute atomic E-state index is 0.240. The zero-order valence-corrected chi connectivity index (χ0v) is 16.2. The van der Waals surface area contributed by atoms with Crippen LogP contribution in [0.15, 0.2) is 67.9 Å². The average molecular weight is 411 g/mol. The fourth-order valence-electron chi connectivity index (χ4n) is 2.44. The maximum absolute atomic E-state index is 12.9. The van der Waals surface area contributed by atoms with Crippen molar-refractivity contribution in [2.75, 3.05) is 7.11 Å². The van der Waals surface area contributed by atoms with Crippen LogP contribution in [0, 0.1) is 0 Å². The van der Waals surface area contributed by atoms with E-state index in [0.717, 1.165) is 14.6 Å². The second-order valence-corrected chi connectivity index (χ2v) is 7.74. The van der Waals surface area contributed by atoms with Crippen molar-refractivity contribution in [1.82, 2.24) is 19.8 Å². The minimum Gasteiger partial charge on any atom is -0.452 e. The molecule has 0 aliphatic rings. The van der Waals surface area contributed by atoms with E-state index in [1.807, 2.05) is 24.3 Å². The van der Waals surface area contributed by atoms with Gasteiger partial charge in [0, 0.05) is 6.20 Å². The molecule has 0 radical (unpaired) electrons. The Morgan fingerprint density at radius 3 is 2.89 bits per heavy atom. The predicted molar refractivity (Wildman–Crippen MR) is 108 cm³/mol. The predicted octanol–water partition coefficient (Wildman–Crippen LogP) is 3.15. The molecule has 0 aliphatic carbocycles. The summed E-state index contributed by atoms with van der Waals surface area (Å²) in [6, 6.07) is 13.1. The van der Waals surface area contributed by atoms with Crippen molar-refractivity contribution < 1.29 is 9.53 Å². The molecule has 4 aromatic rings. The molecule has 1 aromatic carbocycles. The Morgan fingerprint density at radius 2 is 2.07 bits per heavy atom. The molecule has 0 spiro atoms. The first-order valence-electron chi connectivity index (χ1n) is 8.07. The van der Waals surface area contributed by atoms with Crippen molar-refractivity contribution in [3.05, 3.63) is 64.6 Å². The minimum atomic E-state index is -0.731. The van der Waals surface area contributed by atoms with Gasteiger partial charge in [-0.05, 0) is 36.0 Å². The van der Waals surface area contributed by atoms with E-state index < -0.39 is 6.09 Å². The summed E-state index contributed by atoms with van der Waals surface area (Å²) in [5.41, 5.74) is 3.51. The first-order valence-corrected chi connectivity index (χ1v) is 9.71. The zero-order valence-electron chi connectivity index (χ0n) is 14.5. The van der Waals surface area contributed by atoms with E-state index in [2.05, 4.69) is 25.2 Å². The Kier molecular flexibility index (Phi) is 5.04. The largest absolute Gasteiger partial charge is 0.452 e. The fraction of sp³-hybridized carbons (Fsp3) is 0.0556. The molecule has 8 nitrogen and oxygen atoms in total. The van der Waals surface area contributed by atoms with E-state index >= 15 is 0 Å². The number of benzene rings is 1. The molecule has 0 saturated carbocycles. The van der Waals surface area contributed by atoms with Crippen molar-refractivity contribution in [3.63, 3.8) is 0 Å². The van der Waals surface area contributed by atoms with Gasteiger partial charge in [0.05, 0.1) is 29.1 Å². The standard InChI is InChI=1S/C18H13N5O3S2/c1-26-17(25)22-19-10-11-15(21-14-8-4-5-9-23(14)16(11)24)28-18-20-12-6-2-3-7-13(12)27-18/h2-10H,1H3,(H,22,25)/b19-10-. The van der Waals surface area contributed by atoms with Crippen molar-refractivity contribution in [2.45, 2.75) is 9.37 Å². The first-order chi connectivity index (χ1) is 13.7. The van der Waals surface area contributed by atoms with Crippen LogP contribution >= 0.6 is 23.1 Å². The molecule has 0 aliphatic heterocycles. The number of carbonyl (C=O) groups is 1. The molecule has 3 heterocycles. The number of pyridine rings is 1. The van der Waals surface area contributed by atoms with Crippen LogP contribution in [0.25, 0.3) is 15.9 Å². The number of methoxy groups -OCH3 is 1. The van der Waals surface area contributed by atoms with E-state index in [9.17, 15) is 9.59 Å². The fourth-order valence-corrected chi connectivity index (χ4v) is 4.51. The number of para-hydroxylation sites is 1. The molecule has 0 atom stereocenters. The van der Waals surface area contributed by atoms with Crippen molar-refractivity contribution in [3.8, 4) is 0 Å². The number of amides is 1. The van der Waals surface area contributed by atoms with Crippen LogP contribution in [-0.4, -0.2) is 33.8 Å². The lowest BCUT2D eigenvalue weighted by Gasteiger charge is -2.06. The summed E-state index contributed by atoms with van der Waals surface area (Å²) in [4.78, 5) is 33.3. The third-order valence-electron chi connectivity index (χ3n) is 3.73. The summed E-state index contributed by atoms with van der Waals surface area (Å²) < 4.78 is 7.69. The third-order valence-corrected chi connectivity index (χ3v) is 5.83. The Hall–Kier alpha value is -3.24. The van der Waals surface area contributed by atoms with Crippen LogP contribution < -0.4 is 11.0 Å². The van der Waals surface area contributed by atoms with Gasteiger partial charge < -0.3 is 4.74 Å². The van der Waals surface area contributed by atoms with E-state index in [0.29, 0.717) is 10.7 Å². The zero-order chi connectivity index (χ0) is 19.5. The second-order valence-electron chi connectivity index (χ2n) is 5.48. The molecule has 1 N–H and O–H groups in total. The second kappa shape index (κ2) is 7.79. The van der Waals surface area contributed by atoms with Gasteiger partial charge in [0.2, 0.25) is 0 Å². The van der Waals surface area contributed by atoms with Gasteiger partial charge in [0.25, 0.3) is 5.56 Å². The highest BCUT2D eigenvalue weighted by atomic mass is 32.2. The number of hydrogen-bond acceptors (Lipinski definition) is 8. The topological polar surface area (TPSA) is 97.9 Å². The summed E-state index contributed by atoms with van der Waals surface area (Å²) >= 11 is 2.79. The van der Waals surface area contributed by atoms with Crippen LogP contribution in [0.5, 0.6) is 0 Å². The van der Waals surface area contributed by atoms with Crippen LogP contribution in [-0.2, 0) is 4.74 Å². The van der Waals surface area contributed by atoms with Gasteiger partial charge >= 0.3 is 6.09 Å². The number of nitrogens with zero attached hydrogens (tertiary/aromatic N) is 4. The van der Waals surface area contributed by atoms with Gasteiger partial charge in [-0.3, -0.25) is 9.20 Å². The molecule has 10 heteroatoms.